The molecule has 0 aliphatic carbocycles. The van der Waals surface area contributed by atoms with Crippen LogP contribution in [0.15, 0.2) is 48.5 Å². The predicted molar refractivity (Wildman–Crippen MR) is 61.1 cm³/mol. The summed E-state index contributed by atoms with van der Waals surface area (Å²) in [7, 11) is 0. The lowest BCUT2D eigenvalue weighted by Gasteiger charge is -2.03. The van der Waals surface area contributed by atoms with Crippen molar-refractivity contribution < 1.29 is 14.0 Å². The number of hydrogen-bond donors (Lipinski definition) is 0. The smallest absolute Gasteiger partial charge is 0.236 e. The predicted octanol–water partition coefficient (Wildman–Crippen LogP) is 2.51. The fourth-order valence-electron chi connectivity index (χ4n) is 1.53. The molecule has 0 fully saturated rings. The molecule has 0 unspecified atom stereocenters. The van der Waals surface area contributed by atoms with Gasteiger partial charge in [0.2, 0.25) is 6.29 Å². The first-order valence-electron chi connectivity index (χ1n) is 5.00. The number of halogens is 1. The van der Waals surface area contributed by atoms with Crippen molar-refractivity contribution in [3.63, 3.8) is 0 Å². The second kappa shape index (κ2) is 4.70. The minimum absolute atomic E-state index is 0.114. The zero-order valence-corrected chi connectivity index (χ0v) is 8.81. The molecule has 0 heterocycles. The summed E-state index contributed by atoms with van der Waals surface area (Å²) >= 11 is 0. The Morgan fingerprint density at radius 1 is 1.00 bits per heavy atom. The van der Waals surface area contributed by atoms with Gasteiger partial charge in [-0.3, -0.25) is 9.59 Å². The van der Waals surface area contributed by atoms with E-state index in [0.29, 0.717) is 5.56 Å². The number of carbonyl (C=O) groups excluding carboxylic acids is 2. The summed E-state index contributed by atoms with van der Waals surface area (Å²) in [6, 6.07) is 12.4. The van der Waals surface area contributed by atoms with Crippen molar-refractivity contribution in [2.45, 2.75) is 0 Å². The Morgan fingerprint density at radius 3 is 2.35 bits per heavy atom. The summed E-state index contributed by atoms with van der Waals surface area (Å²) in [5, 5.41) is 0. The van der Waals surface area contributed by atoms with E-state index in [1.165, 1.54) is 24.5 Å². The van der Waals surface area contributed by atoms with Crippen LogP contribution in [-0.2, 0) is 4.79 Å². The van der Waals surface area contributed by atoms with Crippen molar-refractivity contribution in [2.24, 2.45) is 0 Å². The zero-order valence-electron chi connectivity index (χ0n) is 8.81. The van der Waals surface area contributed by atoms with Crippen molar-refractivity contribution >= 4 is 12.1 Å². The van der Waals surface area contributed by atoms with Crippen LogP contribution in [0.25, 0.3) is 0 Å². The zero-order chi connectivity index (χ0) is 12.3. The molecule has 1 radical (unpaired) electrons. The molecular formula is C14H8FO2. The quantitative estimate of drug-likeness (QED) is 0.755. The number of rotatable bonds is 3. The van der Waals surface area contributed by atoms with Gasteiger partial charge in [0.15, 0.2) is 5.78 Å². The third-order valence-electron chi connectivity index (χ3n) is 2.39. The lowest BCUT2D eigenvalue weighted by Crippen LogP contribution is -2.06. The molecule has 0 aliphatic heterocycles. The molecule has 0 aromatic heterocycles. The highest BCUT2D eigenvalue weighted by molar-refractivity contribution is 6.09. The largest absolute Gasteiger partial charge is 0.288 e. The summed E-state index contributed by atoms with van der Waals surface area (Å²) in [4.78, 5) is 22.4. The second-order valence-corrected chi connectivity index (χ2v) is 3.46. The van der Waals surface area contributed by atoms with Gasteiger partial charge >= 0.3 is 0 Å². The van der Waals surface area contributed by atoms with Gasteiger partial charge in [0, 0.05) is 5.56 Å². The average molecular weight is 227 g/mol. The topological polar surface area (TPSA) is 34.1 Å². The van der Waals surface area contributed by atoms with Gasteiger partial charge in [0.1, 0.15) is 5.82 Å². The standard InChI is InChI=1S/C14H8FO2/c15-13-11(9-16)7-4-8-12(13)14(17)10-5-2-1-3-6-10/h1-8H. The lowest BCUT2D eigenvalue weighted by molar-refractivity contribution is 0.103. The minimum atomic E-state index is -0.823. The SMILES string of the molecule is O=[C]c1cccc(C(=O)c2ccccc2)c1F. The van der Waals surface area contributed by atoms with Gasteiger partial charge in [-0.2, -0.15) is 0 Å². The van der Waals surface area contributed by atoms with E-state index in [4.69, 9.17) is 0 Å². The van der Waals surface area contributed by atoms with E-state index in [0.717, 1.165) is 0 Å². The fourth-order valence-corrected chi connectivity index (χ4v) is 1.53. The Morgan fingerprint density at radius 2 is 1.71 bits per heavy atom. The molecule has 0 atom stereocenters. The third kappa shape index (κ3) is 2.13. The van der Waals surface area contributed by atoms with Gasteiger partial charge in [-0.05, 0) is 12.1 Å². The highest BCUT2D eigenvalue weighted by Gasteiger charge is 2.16. The van der Waals surface area contributed by atoms with Crippen LogP contribution in [0.1, 0.15) is 21.5 Å². The minimum Gasteiger partial charge on any atom is -0.288 e. The van der Waals surface area contributed by atoms with Crippen LogP contribution in [0.2, 0.25) is 0 Å². The average Bonchev–Trinajstić information content (AvgIpc) is 2.39. The fraction of sp³-hybridized carbons (Fsp3) is 0. The van der Waals surface area contributed by atoms with Crippen molar-refractivity contribution in [3.05, 3.63) is 71.0 Å². The van der Waals surface area contributed by atoms with Crippen LogP contribution >= 0.6 is 0 Å². The molecule has 0 aliphatic rings. The molecule has 3 heteroatoms. The highest BCUT2D eigenvalue weighted by atomic mass is 19.1. The summed E-state index contributed by atoms with van der Waals surface area (Å²) in [6.45, 7) is 0. The van der Waals surface area contributed by atoms with Crippen LogP contribution in [0.5, 0.6) is 0 Å². The maximum atomic E-state index is 13.7. The molecule has 0 saturated carbocycles. The van der Waals surface area contributed by atoms with E-state index in [2.05, 4.69) is 0 Å². The Balaban J connectivity index is 2.48. The molecule has 17 heavy (non-hydrogen) atoms. The summed E-state index contributed by atoms with van der Waals surface area (Å²) in [5.41, 5.74) is 0.0401. The summed E-state index contributed by atoms with van der Waals surface area (Å²) in [6.07, 6.45) is 1.46. The molecule has 0 amide bonds. The first kappa shape index (κ1) is 11.2. The Hall–Kier alpha value is -2.29. The van der Waals surface area contributed by atoms with E-state index in [-0.39, 0.29) is 11.1 Å². The Labute approximate surface area is 97.7 Å². The first-order chi connectivity index (χ1) is 8.24. The lowest BCUT2D eigenvalue weighted by atomic mass is 10.0. The molecule has 2 rings (SSSR count). The number of carbonyl (C=O) groups is 1. The second-order valence-electron chi connectivity index (χ2n) is 3.46. The molecule has 2 aromatic rings. The van der Waals surface area contributed by atoms with Crippen LogP contribution in [-0.4, -0.2) is 12.1 Å². The van der Waals surface area contributed by atoms with Crippen molar-refractivity contribution in [1.82, 2.24) is 0 Å². The van der Waals surface area contributed by atoms with Crippen LogP contribution in [0.3, 0.4) is 0 Å². The van der Waals surface area contributed by atoms with Crippen LogP contribution in [0.4, 0.5) is 4.39 Å². The molecule has 2 nitrogen and oxygen atoms in total. The van der Waals surface area contributed by atoms with Crippen molar-refractivity contribution in [1.29, 1.82) is 0 Å². The summed E-state index contributed by atoms with van der Waals surface area (Å²) in [5.74, 6) is -1.27. The first-order valence-corrected chi connectivity index (χ1v) is 5.00. The van der Waals surface area contributed by atoms with Crippen LogP contribution in [0, 0.1) is 5.82 Å². The highest BCUT2D eigenvalue weighted by Crippen LogP contribution is 2.15. The van der Waals surface area contributed by atoms with Crippen molar-refractivity contribution in [2.75, 3.05) is 0 Å². The number of benzene rings is 2. The molecule has 83 valence electrons. The maximum Gasteiger partial charge on any atom is 0.236 e. The van der Waals surface area contributed by atoms with Gasteiger partial charge in [-0.25, -0.2) is 4.39 Å². The molecular weight excluding hydrogens is 219 g/mol. The van der Waals surface area contributed by atoms with Crippen molar-refractivity contribution in [3.8, 4) is 0 Å². The third-order valence-corrected chi connectivity index (χ3v) is 2.39. The Kier molecular flexibility index (Phi) is 3.10. The molecule has 0 N–H and O–H groups in total. The van der Waals surface area contributed by atoms with Crippen LogP contribution < -0.4 is 0 Å². The van der Waals surface area contributed by atoms with E-state index in [1.807, 2.05) is 0 Å². The maximum absolute atomic E-state index is 13.7. The molecule has 2 aromatic carbocycles. The van der Waals surface area contributed by atoms with Gasteiger partial charge in [-0.1, -0.05) is 36.4 Å². The summed E-state index contributed by atoms with van der Waals surface area (Å²) < 4.78 is 13.7. The monoisotopic (exact) mass is 227 g/mol. The molecule has 0 bridgehead atoms. The Bertz CT molecular complexity index is 562. The van der Waals surface area contributed by atoms with E-state index < -0.39 is 11.6 Å². The number of hydrogen-bond acceptors (Lipinski definition) is 2. The van der Waals surface area contributed by atoms with Gasteiger partial charge in [0.25, 0.3) is 0 Å². The van der Waals surface area contributed by atoms with Gasteiger partial charge in [-0.15, -0.1) is 0 Å². The number of ketones is 1. The normalized spacial score (nSPS) is 9.94. The molecule has 0 saturated heterocycles. The van der Waals surface area contributed by atoms with Gasteiger partial charge in [0.05, 0.1) is 11.1 Å². The van der Waals surface area contributed by atoms with E-state index >= 15 is 0 Å². The van der Waals surface area contributed by atoms with E-state index in [9.17, 15) is 14.0 Å². The van der Waals surface area contributed by atoms with E-state index in [1.54, 1.807) is 30.3 Å². The van der Waals surface area contributed by atoms with Gasteiger partial charge < -0.3 is 0 Å². The molecule has 0 spiro atoms.